The molecular formula is C12H14N2O3S2. The first-order valence-corrected chi connectivity index (χ1v) is 7.85. The van der Waals surface area contributed by atoms with Crippen molar-refractivity contribution >= 4 is 27.0 Å². The van der Waals surface area contributed by atoms with Crippen molar-refractivity contribution in [3.63, 3.8) is 0 Å². The van der Waals surface area contributed by atoms with Crippen molar-refractivity contribution in [2.24, 2.45) is 0 Å². The molecule has 0 atom stereocenters. The number of nitrogens with one attached hydrogen (secondary N) is 1. The van der Waals surface area contributed by atoms with Gasteiger partial charge in [0.25, 0.3) is 0 Å². The zero-order valence-corrected chi connectivity index (χ0v) is 11.9. The van der Waals surface area contributed by atoms with Crippen LogP contribution >= 0.6 is 11.3 Å². The molecule has 2 aromatic rings. The Bertz CT molecular complexity index is 652. The molecule has 1 heterocycles. The van der Waals surface area contributed by atoms with Crippen molar-refractivity contribution in [2.45, 2.75) is 10.8 Å². The number of methoxy groups -OCH3 is 1. The fourth-order valence-corrected chi connectivity index (χ4v) is 3.61. The Balaban J connectivity index is 2.09. The fraction of sp³-hybridized carbons (Fsp3) is 0.167. The summed E-state index contributed by atoms with van der Waals surface area (Å²) in [6.45, 7) is 0.189. The molecule has 1 aromatic heterocycles. The van der Waals surface area contributed by atoms with Gasteiger partial charge >= 0.3 is 0 Å². The molecular weight excluding hydrogens is 284 g/mol. The summed E-state index contributed by atoms with van der Waals surface area (Å²) in [7, 11) is -1.91. The quantitative estimate of drug-likeness (QED) is 0.825. The molecule has 102 valence electrons. The lowest BCUT2D eigenvalue weighted by atomic mass is 10.2. The van der Waals surface area contributed by atoms with Crippen LogP contribution in [0.25, 0.3) is 0 Å². The number of anilines is 1. The Morgan fingerprint density at radius 3 is 2.74 bits per heavy atom. The van der Waals surface area contributed by atoms with Crippen molar-refractivity contribution in [1.82, 2.24) is 4.72 Å². The van der Waals surface area contributed by atoms with Crippen LogP contribution < -0.4 is 15.2 Å². The van der Waals surface area contributed by atoms with Crippen LogP contribution in [-0.4, -0.2) is 15.5 Å². The summed E-state index contributed by atoms with van der Waals surface area (Å²) < 4.78 is 31.7. The second-order valence-electron chi connectivity index (χ2n) is 3.83. The third kappa shape index (κ3) is 3.25. The molecule has 7 heteroatoms. The number of ether oxygens (including phenoxy) is 1. The first-order chi connectivity index (χ1) is 9.03. The van der Waals surface area contributed by atoms with Crippen molar-refractivity contribution in [2.75, 3.05) is 12.8 Å². The molecule has 0 amide bonds. The maximum atomic E-state index is 11.9. The van der Waals surface area contributed by atoms with E-state index in [-0.39, 0.29) is 6.54 Å². The number of nitrogen functional groups attached to an aromatic ring is 1. The molecule has 0 aliphatic rings. The summed E-state index contributed by atoms with van der Waals surface area (Å²) in [5.74, 6) is 0.574. The summed E-state index contributed by atoms with van der Waals surface area (Å²) >= 11 is 1.18. The minimum Gasteiger partial charge on any atom is -0.495 e. The Labute approximate surface area is 116 Å². The van der Waals surface area contributed by atoms with Gasteiger partial charge in [0.1, 0.15) is 9.96 Å². The summed E-state index contributed by atoms with van der Waals surface area (Å²) in [5, 5.41) is 1.72. The van der Waals surface area contributed by atoms with E-state index in [2.05, 4.69) is 4.72 Å². The van der Waals surface area contributed by atoms with Gasteiger partial charge in [-0.1, -0.05) is 12.1 Å². The molecule has 0 bridgehead atoms. The number of hydrogen-bond acceptors (Lipinski definition) is 5. The van der Waals surface area contributed by atoms with Crippen molar-refractivity contribution in [3.8, 4) is 5.75 Å². The van der Waals surface area contributed by atoms with Crippen molar-refractivity contribution in [1.29, 1.82) is 0 Å². The third-order valence-electron chi connectivity index (χ3n) is 2.52. The summed E-state index contributed by atoms with van der Waals surface area (Å²) in [5.41, 5.74) is 7.02. The van der Waals surface area contributed by atoms with E-state index < -0.39 is 10.0 Å². The van der Waals surface area contributed by atoms with Gasteiger partial charge in [0.15, 0.2) is 0 Å². The number of nitrogens with two attached hydrogens (primary N) is 1. The van der Waals surface area contributed by atoms with E-state index in [0.29, 0.717) is 15.6 Å². The number of hydrogen-bond donors (Lipinski definition) is 2. The monoisotopic (exact) mass is 298 g/mol. The molecule has 0 spiro atoms. The Morgan fingerprint density at radius 2 is 2.16 bits per heavy atom. The lowest BCUT2D eigenvalue weighted by Gasteiger charge is -2.08. The second kappa shape index (κ2) is 5.60. The average molecular weight is 298 g/mol. The van der Waals surface area contributed by atoms with Crippen molar-refractivity contribution in [3.05, 3.63) is 41.3 Å². The molecule has 1 aromatic carbocycles. The highest BCUT2D eigenvalue weighted by atomic mass is 32.2. The first kappa shape index (κ1) is 13.9. The van der Waals surface area contributed by atoms with Crippen LogP contribution in [-0.2, 0) is 16.6 Å². The van der Waals surface area contributed by atoms with E-state index in [1.54, 1.807) is 35.7 Å². The van der Waals surface area contributed by atoms with E-state index in [0.717, 1.165) is 5.56 Å². The van der Waals surface area contributed by atoms with Gasteiger partial charge in [-0.2, -0.15) is 0 Å². The number of thiophene rings is 1. The van der Waals surface area contributed by atoms with E-state index >= 15 is 0 Å². The molecule has 19 heavy (non-hydrogen) atoms. The minimum atomic E-state index is -3.45. The highest BCUT2D eigenvalue weighted by molar-refractivity contribution is 7.91. The Morgan fingerprint density at radius 1 is 1.37 bits per heavy atom. The van der Waals surface area contributed by atoms with Gasteiger partial charge in [-0.05, 0) is 29.1 Å². The predicted octanol–water partition coefficient (Wildman–Crippen LogP) is 1.82. The van der Waals surface area contributed by atoms with Gasteiger partial charge < -0.3 is 10.5 Å². The Kier molecular flexibility index (Phi) is 4.08. The maximum absolute atomic E-state index is 11.9. The van der Waals surface area contributed by atoms with Crippen LogP contribution in [0.15, 0.2) is 39.9 Å². The number of benzene rings is 1. The lowest BCUT2D eigenvalue weighted by Crippen LogP contribution is -2.22. The topological polar surface area (TPSA) is 81.4 Å². The molecule has 5 nitrogen and oxygen atoms in total. The minimum absolute atomic E-state index is 0.189. The smallest absolute Gasteiger partial charge is 0.250 e. The summed E-state index contributed by atoms with van der Waals surface area (Å²) in [6, 6.07) is 8.44. The summed E-state index contributed by atoms with van der Waals surface area (Å²) in [6.07, 6.45) is 0. The van der Waals surface area contributed by atoms with Crippen LogP contribution in [0.5, 0.6) is 5.75 Å². The van der Waals surface area contributed by atoms with E-state index in [9.17, 15) is 8.42 Å². The molecule has 0 saturated heterocycles. The predicted molar refractivity (Wildman–Crippen MR) is 75.8 cm³/mol. The molecule has 0 aliphatic heterocycles. The van der Waals surface area contributed by atoms with E-state index in [1.165, 1.54) is 18.4 Å². The zero-order chi connectivity index (χ0) is 13.9. The molecule has 0 aliphatic carbocycles. The van der Waals surface area contributed by atoms with Gasteiger partial charge in [-0.15, -0.1) is 11.3 Å². The normalized spacial score (nSPS) is 11.4. The average Bonchev–Trinajstić information content (AvgIpc) is 2.91. The molecule has 2 rings (SSSR count). The van der Waals surface area contributed by atoms with Crippen LogP contribution in [0, 0.1) is 0 Å². The fourth-order valence-electron chi connectivity index (χ4n) is 1.56. The Hall–Kier alpha value is -1.57. The second-order valence-corrected chi connectivity index (χ2v) is 6.77. The molecule has 3 N–H and O–H groups in total. The standard InChI is InChI=1S/C12H14N2O3S2/c1-17-11-5-4-9(7-10(11)13)8-14-19(15,16)12-3-2-6-18-12/h2-7,14H,8,13H2,1H3. The SMILES string of the molecule is COc1ccc(CNS(=O)(=O)c2cccs2)cc1N. The zero-order valence-electron chi connectivity index (χ0n) is 10.3. The van der Waals surface area contributed by atoms with Crippen LogP contribution in [0.1, 0.15) is 5.56 Å². The van der Waals surface area contributed by atoms with Gasteiger partial charge in [0.2, 0.25) is 10.0 Å². The van der Waals surface area contributed by atoms with Gasteiger partial charge in [0, 0.05) is 6.54 Å². The summed E-state index contributed by atoms with van der Waals surface area (Å²) in [4.78, 5) is 0. The largest absolute Gasteiger partial charge is 0.495 e. The molecule has 0 radical (unpaired) electrons. The third-order valence-corrected chi connectivity index (χ3v) is 5.32. The molecule has 0 unspecified atom stereocenters. The molecule has 0 saturated carbocycles. The highest BCUT2D eigenvalue weighted by Crippen LogP contribution is 2.22. The van der Waals surface area contributed by atoms with Gasteiger partial charge in [-0.3, -0.25) is 0 Å². The first-order valence-electron chi connectivity index (χ1n) is 5.48. The van der Waals surface area contributed by atoms with Gasteiger partial charge in [0.05, 0.1) is 12.8 Å². The number of rotatable bonds is 5. The van der Waals surface area contributed by atoms with Crippen LogP contribution in [0.4, 0.5) is 5.69 Å². The van der Waals surface area contributed by atoms with Crippen molar-refractivity contribution < 1.29 is 13.2 Å². The van der Waals surface area contributed by atoms with Crippen LogP contribution in [0.3, 0.4) is 0 Å². The number of sulfonamides is 1. The van der Waals surface area contributed by atoms with Crippen LogP contribution in [0.2, 0.25) is 0 Å². The lowest BCUT2D eigenvalue weighted by molar-refractivity contribution is 0.417. The van der Waals surface area contributed by atoms with E-state index in [4.69, 9.17) is 10.5 Å². The molecule has 0 fully saturated rings. The highest BCUT2D eigenvalue weighted by Gasteiger charge is 2.14. The maximum Gasteiger partial charge on any atom is 0.250 e. The van der Waals surface area contributed by atoms with E-state index in [1.807, 2.05) is 0 Å². The van der Waals surface area contributed by atoms with Gasteiger partial charge in [-0.25, -0.2) is 13.1 Å².